The normalized spacial score (nSPS) is 13.5. The lowest BCUT2D eigenvalue weighted by atomic mass is 10.1. The molecule has 0 unspecified atom stereocenters. The van der Waals surface area contributed by atoms with Gasteiger partial charge in [0.15, 0.2) is 0 Å². The highest BCUT2D eigenvalue weighted by molar-refractivity contribution is 4.94. The number of rotatable bonds is 5. The average molecular weight is 278 g/mol. The number of halogens is 9. The van der Waals surface area contributed by atoms with Gasteiger partial charge in [0.1, 0.15) is 6.61 Å². The summed E-state index contributed by atoms with van der Waals surface area (Å²) in [4.78, 5) is 0. The van der Waals surface area contributed by atoms with Gasteiger partial charge in [0, 0.05) is 0 Å². The molecular weight excluding hydrogens is 275 g/mol. The van der Waals surface area contributed by atoms with E-state index in [-0.39, 0.29) is 0 Å². The highest BCUT2D eigenvalue weighted by Crippen LogP contribution is 2.47. The third-order valence-electron chi connectivity index (χ3n) is 1.39. The lowest BCUT2D eigenvalue weighted by Crippen LogP contribution is -2.56. The summed E-state index contributed by atoms with van der Waals surface area (Å²) in [6.07, 6.45) is -9.81. The number of hydrogen-bond acceptors (Lipinski definition) is 2. The van der Waals surface area contributed by atoms with Crippen molar-refractivity contribution < 1.29 is 49.4 Å². The lowest BCUT2D eigenvalue weighted by Gasteiger charge is -2.30. The van der Waals surface area contributed by atoms with Gasteiger partial charge in [0.25, 0.3) is 0 Å². The van der Waals surface area contributed by atoms with Gasteiger partial charge in [-0.2, -0.15) is 39.5 Å². The molecule has 0 heterocycles. The van der Waals surface area contributed by atoms with Crippen LogP contribution >= 0.6 is 0 Å². The fourth-order valence-electron chi connectivity index (χ4n) is 0.527. The van der Waals surface area contributed by atoms with Crippen LogP contribution in [0.2, 0.25) is 0 Å². The van der Waals surface area contributed by atoms with Crippen LogP contribution in [0.4, 0.5) is 39.5 Å². The van der Waals surface area contributed by atoms with Gasteiger partial charge in [-0.1, -0.05) is 0 Å². The van der Waals surface area contributed by atoms with Crippen LogP contribution in [0.1, 0.15) is 0 Å². The molecule has 0 aromatic rings. The zero-order valence-electron chi connectivity index (χ0n) is 7.46. The van der Waals surface area contributed by atoms with Crippen molar-refractivity contribution in [1.29, 1.82) is 0 Å². The fraction of sp³-hybridized carbons (Fsp3) is 0.667. The van der Waals surface area contributed by atoms with E-state index in [1.165, 1.54) is 0 Å². The molecule has 0 atom stereocenters. The second-order valence-corrected chi connectivity index (χ2v) is 2.59. The van der Waals surface area contributed by atoms with Crippen molar-refractivity contribution in [2.45, 2.75) is 18.0 Å². The van der Waals surface area contributed by atoms with Crippen LogP contribution in [-0.2, 0) is 4.74 Å². The molecule has 0 spiro atoms. The highest BCUT2D eigenvalue weighted by Gasteiger charge is 2.74. The van der Waals surface area contributed by atoms with Crippen LogP contribution in [0.25, 0.3) is 0 Å². The monoisotopic (exact) mass is 278 g/mol. The molecule has 102 valence electrons. The first-order chi connectivity index (χ1) is 7.39. The first-order valence-corrected chi connectivity index (χ1v) is 3.53. The van der Waals surface area contributed by atoms with E-state index < -0.39 is 36.7 Å². The van der Waals surface area contributed by atoms with E-state index in [9.17, 15) is 39.5 Å². The van der Waals surface area contributed by atoms with Crippen molar-refractivity contribution in [3.63, 3.8) is 0 Å². The van der Waals surface area contributed by atoms with Gasteiger partial charge in [-0.25, -0.2) is 0 Å². The maximum Gasteiger partial charge on any atom is 0.472 e. The molecule has 0 radical (unpaired) electrons. The van der Waals surface area contributed by atoms with Crippen LogP contribution in [-0.4, -0.2) is 29.7 Å². The Morgan fingerprint density at radius 3 is 1.65 bits per heavy atom. The lowest BCUT2D eigenvalue weighted by molar-refractivity contribution is -0.396. The molecule has 1 N–H and O–H groups in total. The molecule has 0 saturated carbocycles. The topological polar surface area (TPSA) is 29.5 Å². The Kier molecular flexibility index (Phi) is 4.32. The maximum absolute atomic E-state index is 12.4. The minimum atomic E-state index is -6.39. The van der Waals surface area contributed by atoms with Crippen LogP contribution in [0.3, 0.4) is 0 Å². The van der Waals surface area contributed by atoms with Crippen LogP contribution < -0.4 is 0 Å². The van der Waals surface area contributed by atoms with Crippen molar-refractivity contribution in [3.8, 4) is 0 Å². The van der Waals surface area contributed by atoms with E-state index in [1.54, 1.807) is 0 Å². The number of aliphatic hydroxyl groups excluding tert-OH is 1. The van der Waals surface area contributed by atoms with Crippen molar-refractivity contribution in [2.24, 2.45) is 0 Å². The molecule has 0 bridgehead atoms. The molecule has 0 aliphatic carbocycles. The van der Waals surface area contributed by atoms with Gasteiger partial charge in [-0.15, -0.1) is 0 Å². The largest absolute Gasteiger partial charge is 0.472 e. The van der Waals surface area contributed by atoms with E-state index in [4.69, 9.17) is 5.11 Å². The molecule has 0 aliphatic rings. The smallest absolute Gasteiger partial charge is 0.397 e. The Balaban J connectivity index is 5.25. The Hall–Kier alpha value is -1.13. The number of ether oxygens (including phenoxy) is 1. The summed E-state index contributed by atoms with van der Waals surface area (Å²) < 4.78 is 110. The first kappa shape index (κ1) is 15.9. The summed E-state index contributed by atoms with van der Waals surface area (Å²) in [5.41, 5.74) is 0. The number of hydrogen-bond donors (Lipinski definition) is 1. The molecule has 17 heavy (non-hydrogen) atoms. The summed E-state index contributed by atoms with van der Waals surface area (Å²) in [6, 6.07) is -3.43. The minimum Gasteiger partial charge on any atom is -0.397 e. The predicted molar refractivity (Wildman–Crippen MR) is 33.4 cm³/mol. The quantitative estimate of drug-likeness (QED) is 0.619. The fourth-order valence-corrected chi connectivity index (χ4v) is 0.527. The van der Waals surface area contributed by atoms with E-state index in [1.807, 2.05) is 0 Å². The van der Waals surface area contributed by atoms with Gasteiger partial charge < -0.3 is 9.84 Å². The Bertz CT molecular complexity index is 307. The molecule has 0 rings (SSSR count). The average Bonchev–Trinajstić information content (AvgIpc) is 2.16. The van der Waals surface area contributed by atoms with Gasteiger partial charge in [0.05, 0.1) is 0 Å². The summed E-state index contributed by atoms with van der Waals surface area (Å²) >= 11 is 0. The van der Waals surface area contributed by atoms with Crippen molar-refractivity contribution >= 4 is 0 Å². The Morgan fingerprint density at radius 1 is 0.941 bits per heavy atom. The van der Waals surface area contributed by atoms with E-state index in [0.29, 0.717) is 0 Å². The molecular formula is C6H3F9O2. The third kappa shape index (κ3) is 2.96. The summed E-state index contributed by atoms with van der Waals surface area (Å²) in [6.45, 7) is -2.72. The maximum atomic E-state index is 12.4. The molecule has 2 nitrogen and oxygen atoms in total. The predicted octanol–water partition coefficient (Wildman–Crippen LogP) is 2.89. The van der Waals surface area contributed by atoms with E-state index in [0.717, 1.165) is 0 Å². The second kappa shape index (κ2) is 4.63. The van der Waals surface area contributed by atoms with Crippen molar-refractivity contribution in [2.75, 3.05) is 6.61 Å². The van der Waals surface area contributed by atoms with Gasteiger partial charge in [0.2, 0.25) is 0 Å². The molecule has 11 heteroatoms. The molecule has 0 fully saturated rings. The highest BCUT2D eigenvalue weighted by atomic mass is 19.4. The SMILES string of the molecule is OCC(F)(F)C(F)(F)C(F)(F)OC(F)=C(F)F. The van der Waals surface area contributed by atoms with E-state index >= 15 is 0 Å². The molecule has 0 aromatic heterocycles. The van der Waals surface area contributed by atoms with Crippen LogP contribution in [0.15, 0.2) is 12.1 Å². The van der Waals surface area contributed by atoms with Gasteiger partial charge in [-0.3, -0.25) is 0 Å². The standard InChI is InChI=1S/C6H3F9O2/c7-2(8)3(9)17-6(14,15)5(12,13)4(10,11)1-16/h16H,1H2. The van der Waals surface area contributed by atoms with E-state index in [2.05, 4.69) is 4.74 Å². The molecule has 0 aliphatic heterocycles. The van der Waals surface area contributed by atoms with Gasteiger partial charge in [-0.05, 0) is 0 Å². The van der Waals surface area contributed by atoms with Gasteiger partial charge >= 0.3 is 30.0 Å². The Morgan fingerprint density at radius 2 is 1.35 bits per heavy atom. The minimum absolute atomic E-state index is 2.14. The summed E-state index contributed by atoms with van der Waals surface area (Å²) in [5.74, 6) is -12.1. The van der Waals surface area contributed by atoms with Crippen molar-refractivity contribution in [1.82, 2.24) is 0 Å². The van der Waals surface area contributed by atoms with Crippen LogP contribution in [0.5, 0.6) is 0 Å². The Labute approximate surface area is 87.3 Å². The molecule has 0 amide bonds. The molecule has 0 aromatic carbocycles. The zero-order chi connectivity index (χ0) is 14.1. The number of alkyl halides is 6. The third-order valence-corrected chi connectivity index (χ3v) is 1.39. The second-order valence-electron chi connectivity index (χ2n) is 2.59. The summed E-state index contributed by atoms with van der Waals surface area (Å²) in [5, 5.41) is 7.76. The number of aliphatic hydroxyl groups is 1. The van der Waals surface area contributed by atoms with Crippen molar-refractivity contribution in [3.05, 3.63) is 12.1 Å². The van der Waals surface area contributed by atoms with Crippen LogP contribution in [0, 0.1) is 0 Å². The molecule has 0 saturated heterocycles. The summed E-state index contributed by atoms with van der Waals surface area (Å²) in [7, 11) is 0. The zero-order valence-corrected chi connectivity index (χ0v) is 7.46. The first-order valence-electron chi connectivity index (χ1n) is 3.53.